The van der Waals surface area contributed by atoms with Gasteiger partial charge in [-0.2, -0.15) is 0 Å². The Hall–Kier alpha value is -2.32. The number of hydrogen-bond acceptors (Lipinski definition) is 5. The van der Waals surface area contributed by atoms with Gasteiger partial charge in [0.1, 0.15) is 5.56 Å². The monoisotopic (exact) mass is 233 g/mol. The molecule has 0 saturated carbocycles. The molecule has 0 aromatic carbocycles. The molecule has 0 unspecified atom stereocenters. The topological polar surface area (TPSA) is 119 Å². The van der Waals surface area contributed by atoms with Crippen LogP contribution in [0.5, 0.6) is 0 Å². The second-order valence-electron chi connectivity index (χ2n) is 2.70. The minimum Gasteiger partial charge on any atom is -0.475 e. The van der Waals surface area contributed by atoms with E-state index in [1.807, 2.05) is 0 Å². The van der Waals surface area contributed by atoms with Gasteiger partial charge in [-0.15, -0.1) is 0 Å². The molecule has 16 heavy (non-hydrogen) atoms. The van der Waals surface area contributed by atoms with E-state index in [4.69, 9.17) is 10.8 Å². The fourth-order valence-corrected chi connectivity index (χ4v) is 1.03. The summed E-state index contributed by atoms with van der Waals surface area (Å²) in [4.78, 5) is 22.7. The van der Waals surface area contributed by atoms with E-state index in [1.54, 1.807) is 0 Å². The minimum atomic E-state index is -3.20. The first-order chi connectivity index (χ1) is 7.34. The predicted molar refractivity (Wildman–Crippen MR) is 47.2 cm³/mol. The fraction of sp³-hybridized carbons (Fsp3) is 0.143. The van der Waals surface area contributed by atoms with E-state index < -0.39 is 40.1 Å². The summed E-state index contributed by atoms with van der Waals surface area (Å²) in [6.45, 7) is 0. The van der Waals surface area contributed by atoms with Gasteiger partial charge >= 0.3 is 11.8 Å². The summed E-state index contributed by atoms with van der Waals surface area (Å²) in [6.07, 6.45) is -3.20. The van der Waals surface area contributed by atoms with E-state index in [-0.39, 0.29) is 0 Å². The van der Waals surface area contributed by atoms with Crippen LogP contribution in [-0.4, -0.2) is 21.0 Å². The van der Waals surface area contributed by atoms with Crippen LogP contribution in [0.2, 0.25) is 0 Å². The number of carbonyl (C=O) groups is 1. The van der Waals surface area contributed by atoms with Crippen molar-refractivity contribution in [1.29, 1.82) is 0 Å². The first kappa shape index (κ1) is 11.8. The van der Waals surface area contributed by atoms with Crippen LogP contribution in [0, 0.1) is 10.1 Å². The highest BCUT2D eigenvalue weighted by atomic mass is 19.3. The van der Waals surface area contributed by atoms with Gasteiger partial charge in [-0.1, -0.05) is 0 Å². The fourth-order valence-electron chi connectivity index (χ4n) is 1.03. The van der Waals surface area contributed by atoms with Crippen LogP contribution in [0.25, 0.3) is 0 Å². The van der Waals surface area contributed by atoms with Gasteiger partial charge in [0, 0.05) is 6.07 Å². The Labute approximate surface area is 86.7 Å². The number of nitrogen functional groups attached to an aromatic ring is 1. The molecule has 0 bridgehead atoms. The number of carboxylic acids is 1. The summed E-state index contributed by atoms with van der Waals surface area (Å²) < 4.78 is 24.8. The van der Waals surface area contributed by atoms with Crippen LogP contribution < -0.4 is 5.73 Å². The number of nitrogens with two attached hydrogens (primary N) is 1. The quantitative estimate of drug-likeness (QED) is 0.598. The molecule has 3 N–H and O–H groups in total. The highest BCUT2D eigenvalue weighted by Gasteiger charge is 2.29. The molecule has 9 heteroatoms. The van der Waals surface area contributed by atoms with Crippen molar-refractivity contribution in [2.24, 2.45) is 0 Å². The number of pyridine rings is 1. The second kappa shape index (κ2) is 4.04. The summed E-state index contributed by atoms with van der Waals surface area (Å²) in [5, 5.41) is 18.9. The number of aromatic nitrogens is 1. The molecule has 1 aromatic rings. The number of nitrogens with zero attached hydrogens (tertiary/aromatic N) is 2. The first-order valence-electron chi connectivity index (χ1n) is 3.80. The Bertz CT molecular complexity index is 463. The van der Waals surface area contributed by atoms with Gasteiger partial charge in [0.05, 0.1) is 5.69 Å². The van der Waals surface area contributed by atoms with Crippen molar-refractivity contribution in [3.05, 3.63) is 27.4 Å². The van der Waals surface area contributed by atoms with Gasteiger partial charge in [0.15, 0.2) is 0 Å². The zero-order valence-corrected chi connectivity index (χ0v) is 7.55. The molecule has 0 atom stereocenters. The van der Waals surface area contributed by atoms with Gasteiger partial charge in [0.2, 0.25) is 0 Å². The number of carboxylic acid groups (broad SMARTS) is 1. The maximum absolute atomic E-state index is 12.4. The Morgan fingerprint density at radius 1 is 1.62 bits per heavy atom. The summed E-state index contributed by atoms with van der Waals surface area (Å²) in [5.41, 5.74) is 2.61. The molecule has 7 nitrogen and oxygen atoms in total. The molecule has 1 aromatic heterocycles. The predicted octanol–water partition coefficient (Wildman–Crippen LogP) is 1.21. The lowest BCUT2D eigenvalue weighted by Crippen LogP contribution is -2.09. The lowest BCUT2D eigenvalue weighted by molar-refractivity contribution is -0.391. The molecule has 0 amide bonds. The lowest BCUT2D eigenvalue weighted by atomic mass is 10.2. The molecule has 0 spiro atoms. The summed E-state index contributed by atoms with van der Waals surface area (Å²) in [6, 6.07) is 0.650. The molecule has 0 aliphatic rings. The smallest absolute Gasteiger partial charge is 0.380 e. The molecule has 0 aliphatic carbocycles. The maximum Gasteiger partial charge on any atom is 0.380 e. The van der Waals surface area contributed by atoms with Gasteiger partial charge in [-0.3, -0.25) is 0 Å². The lowest BCUT2D eigenvalue weighted by Gasteiger charge is -2.04. The van der Waals surface area contributed by atoms with E-state index in [0.29, 0.717) is 6.07 Å². The number of halogens is 2. The van der Waals surface area contributed by atoms with E-state index in [2.05, 4.69) is 4.98 Å². The van der Waals surface area contributed by atoms with Crippen molar-refractivity contribution < 1.29 is 23.6 Å². The molecule has 0 fully saturated rings. The van der Waals surface area contributed by atoms with Crippen LogP contribution in [0.4, 0.5) is 20.3 Å². The third kappa shape index (κ3) is 2.02. The van der Waals surface area contributed by atoms with E-state index in [0.717, 1.165) is 0 Å². The van der Waals surface area contributed by atoms with Crippen molar-refractivity contribution in [1.82, 2.24) is 4.98 Å². The molecular weight excluding hydrogens is 228 g/mol. The number of anilines is 1. The SMILES string of the molecule is Nc1cc(C(=O)O)nc([N+](=O)[O-])c1C(F)F. The summed E-state index contributed by atoms with van der Waals surface area (Å²) in [7, 11) is 0. The molecule has 1 heterocycles. The van der Waals surface area contributed by atoms with Gasteiger partial charge in [-0.25, -0.2) is 13.6 Å². The average Bonchev–Trinajstić information content (AvgIpc) is 2.15. The highest BCUT2D eigenvalue weighted by Crippen LogP contribution is 2.32. The Kier molecular flexibility index (Phi) is 2.97. The molecule has 0 aliphatic heterocycles. The van der Waals surface area contributed by atoms with Crippen LogP contribution in [-0.2, 0) is 0 Å². The highest BCUT2D eigenvalue weighted by molar-refractivity contribution is 5.87. The van der Waals surface area contributed by atoms with Crippen molar-refractivity contribution in [3.63, 3.8) is 0 Å². The molecular formula is C7H5F2N3O4. The van der Waals surface area contributed by atoms with E-state index >= 15 is 0 Å². The number of rotatable bonds is 3. The average molecular weight is 233 g/mol. The van der Waals surface area contributed by atoms with Gasteiger partial charge < -0.3 is 21.0 Å². The summed E-state index contributed by atoms with van der Waals surface area (Å²) >= 11 is 0. The van der Waals surface area contributed by atoms with Crippen molar-refractivity contribution in [3.8, 4) is 0 Å². The van der Waals surface area contributed by atoms with Gasteiger partial charge in [0.25, 0.3) is 12.1 Å². The molecule has 0 saturated heterocycles. The zero-order valence-electron chi connectivity index (χ0n) is 7.55. The normalized spacial score (nSPS) is 10.4. The first-order valence-corrected chi connectivity index (χ1v) is 3.80. The third-order valence-corrected chi connectivity index (χ3v) is 1.68. The van der Waals surface area contributed by atoms with Crippen molar-refractivity contribution in [2.75, 3.05) is 5.73 Å². The second-order valence-corrected chi connectivity index (χ2v) is 2.70. The Morgan fingerprint density at radius 3 is 2.56 bits per heavy atom. The molecule has 0 radical (unpaired) electrons. The zero-order chi connectivity index (χ0) is 12.5. The number of alkyl halides is 2. The van der Waals surface area contributed by atoms with Crippen molar-refractivity contribution in [2.45, 2.75) is 6.43 Å². The van der Waals surface area contributed by atoms with E-state index in [9.17, 15) is 23.7 Å². The van der Waals surface area contributed by atoms with Crippen LogP contribution in [0.15, 0.2) is 6.07 Å². The molecule has 1 rings (SSSR count). The standard InChI is InChI=1S/C7H5F2N3O4/c8-5(9)4-2(10)1-3(7(13)14)11-6(4)12(15)16/h1,5H,(H2,10,11)(H,13,14). The van der Waals surface area contributed by atoms with Gasteiger partial charge in [-0.05, 0) is 9.91 Å². The Morgan fingerprint density at radius 2 is 2.19 bits per heavy atom. The number of hydrogen-bond donors (Lipinski definition) is 2. The van der Waals surface area contributed by atoms with E-state index in [1.165, 1.54) is 0 Å². The largest absolute Gasteiger partial charge is 0.475 e. The molecule has 86 valence electrons. The minimum absolute atomic E-state index is 0.650. The number of aromatic carboxylic acids is 1. The van der Waals surface area contributed by atoms with Crippen LogP contribution in [0.3, 0.4) is 0 Å². The Balaban J connectivity index is 3.52. The maximum atomic E-state index is 12.4. The third-order valence-electron chi connectivity index (χ3n) is 1.68. The van der Waals surface area contributed by atoms with Crippen LogP contribution in [0.1, 0.15) is 22.5 Å². The summed E-state index contributed by atoms with van der Waals surface area (Å²) in [5.74, 6) is -2.83. The van der Waals surface area contributed by atoms with Crippen LogP contribution >= 0.6 is 0 Å². The van der Waals surface area contributed by atoms with Crippen molar-refractivity contribution >= 4 is 17.5 Å². The number of nitro groups is 1.